The number of carbonyl (C=O) groups is 2. The summed E-state index contributed by atoms with van der Waals surface area (Å²) in [6.45, 7) is 7.19. The van der Waals surface area contributed by atoms with Crippen LogP contribution in [0.25, 0.3) is 0 Å². The molecular weight excluding hydrogens is 388 g/mol. The minimum Gasteiger partial charge on any atom is -0.452 e. The van der Waals surface area contributed by atoms with Crippen LogP contribution in [0, 0.1) is 10.1 Å². The van der Waals surface area contributed by atoms with Gasteiger partial charge in [-0.05, 0) is 38.8 Å². The Balaban J connectivity index is 3.00. The summed E-state index contributed by atoms with van der Waals surface area (Å²) in [4.78, 5) is 36.1. The smallest absolute Gasteiger partial charge is 0.338 e. The Bertz CT molecular complexity index is 841. The first-order valence-corrected chi connectivity index (χ1v) is 10.8. The predicted molar refractivity (Wildman–Crippen MR) is 103 cm³/mol. The number of rotatable bonds is 9. The molecule has 1 aromatic rings. The van der Waals surface area contributed by atoms with Gasteiger partial charge in [0.25, 0.3) is 11.6 Å². The van der Waals surface area contributed by atoms with E-state index in [1.165, 1.54) is 0 Å². The van der Waals surface area contributed by atoms with Crippen molar-refractivity contribution in [3.8, 4) is 0 Å². The maximum absolute atomic E-state index is 12.5. The first-order chi connectivity index (χ1) is 12.9. The van der Waals surface area contributed by atoms with E-state index in [0.717, 1.165) is 37.3 Å². The fourth-order valence-electron chi connectivity index (χ4n) is 2.71. The van der Waals surface area contributed by atoms with Gasteiger partial charge in [0.05, 0.1) is 10.5 Å². The van der Waals surface area contributed by atoms with E-state index in [2.05, 4.69) is 0 Å². The first kappa shape index (κ1) is 23.5. The van der Waals surface area contributed by atoms with Crippen molar-refractivity contribution in [2.75, 3.05) is 12.9 Å². The van der Waals surface area contributed by atoms with Gasteiger partial charge in [-0.1, -0.05) is 13.8 Å². The molecule has 0 N–H and O–H groups in total. The number of hydrogen-bond donors (Lipinski definition) is 0. The van der Waals surface area contributed by atoms with Crippen molar-refractivity contribution in [1.29, 1.82) is 0 Å². The van der Waals surface area contributed by atoms with Crippen LogP contribution in [0.1, 0.15) is 50.9 Å². The number of carbonyl (C=O) groups excluding carboxylic acids is 2. The Morgan fingerprint density at radius 2 is 1.71 bits per heavy atom. The molecule has 0 bridgehead atoms. The van der Waals surface area contributed by atoms with Gasteiger partial charge in [0, 0.05) is 24.4 Å². The summed E-state index contributed by atoms with van der Waals surface area (Å²) in [5.41, 5.74) is -0.922. The third kappa shape index (κ3) is 5.75. The standard InChI is InChI=1S/C18H26N2O7S/c1-6-12(3)19(13(4)7-2)17(21)11-27-18(22)14-8-9-16(28(5,25)26)15(10-14)20(23)24/h8-10,12-13H,6-7,11H2,1-5H3/t12-,13+. The molecule has 0 spiro atoms. The molecule has 0 aliphatic heterocycles. The van der Waals surface area contributed by atoms with E-state index >= 15 is 0 Å². The maximum Gasteiger partial charge on any atom is 0.338 e. The summed E-state index contributed by atoms with van der Waals surface area (Å²) in [6.07, 6.45) is 2.32. The van der Waals surface area contributed by atoms with E-state index in [-0.39, 0.29) is 23.6 Å². The van der Waals surface area contributed by atoms with Crippen molar-refractivity contribution in [2.45, 2.75) is 57.5 Å². The molecule has 0 aromatic heterocycles. The molecule has 1 rings (SSSR count). The summed E-state index contributed by atoms with van der Waals surface area (Å²) in [5, 5.41) is 11.1. The van der Waals surface area contributed by atoms with Gasteiger partial charge >= 0.3 is 5.97 Å². The number of nitro benzene ring substituents is 1. The fraction of sp³-hybridized carbons (Fsp3) is 0.556. The van der Waals surface area contributed by atoms with Crippen LogP contribution in [-0.2, 0) is 19.4 Å². The van der Waals surface area contributed by atoms with Crippen LogP contribution in [0.2, 0.25) is 0 Å². The zero-order valence-electron chi connectivity index (χ0n) is 16.7. The van der Waals surface area contributed by atoms with E-state index in [9.17, 15) is 28.1 Å². The predicted octanol–water partition coefficient (Wildman–Crippen LogP) is 2.58. The third-order valence-corrected chi connectivity index (χ3v) is 5.68. The molecule has 156 valence electrons. The summed E-state index contributed by atoms with van der Waals surface area (Å²) in [6, 6.07) is 2.88. The molecule has 0 aliphatic rings. The highest BCUT2D eigenvalue weighted by atomic mass is 32.2. The fourth-order valence-corrected chi connectivity index (χ4v) is 3.53. The number of benzene rings is 1. The number of esters is 1. The molecule has 28 heavy (non-hydrogen) atoms. The first-order valence-electron chi connectivity index (χ1n) is 8.90. The summed E-state index contributed by atoms with van der Waals surface area (Å²) >= 11 is 0. The van der Waals surface area contributed by atoms with Crippen molar-refractivity contribution >= 4 is 27.4 Å². The zero-order chi connectivity index (χ0) is 21.6. The van der Waals surface area contributed by atoms with Crippen LogP contribution >= 0.6 is 0 Å². The largest absolute Gasteiger partial charge is 0.452 e. The van der Waals surface area contributed by atoms with E-state index in [1.807, 2.05) is 27.7 Å². The number of sulfone groups is 1. The quantitative estimate of drug-likeness (QED) is 0.345. The van der Waals surface area contributed by atoms with Crippen LogP contribution in [-0.4, -0.2) is 55.1 Å². The Kier molecular flexibility index (Phi) is 8.10. The molecule has 0 aliphatic carbocycles. The molecule has 1 amide bonds. The second-order valence-corrected chi connectivity index (χ2v) is 8.59. The second-order valence-electron chi connectivity index (χ2n) is 6.60. The Morgan fingerprint density at radius 3 is 2.14 bits per heavy atom. The topological polar surface area (TPSA) is 124 Å². The average Bonchev–Trinajstić information content (AvgIpc) is 2.64. The lowest BCUT2D eigenvalue weighted by atomic mass is 10.1. The van der Waals surface area contributed by atoms with Gasteiger partial charge in [-0.15, -0.1) is 0 Å². The SMILES string of the molecule is CC[C@@H](C)N(C(=O)COC(=O)c1ccc(S(C)(=O)=O)c([N+](=O)[O-])c1)[C@@H](C)CC. The Labute approximate surface area is 164 Å². The van der Waals surface area contributed by atoms with Crippen molar-refractivity contribution in [3.05, 3.63) is 33.9 Å². The average molecular weight is 414 g/mol. The molecule has 0 fully saturated rings. The van der Waals surface area contributed by atoms with Gasteiger partial charge < -0.3 is 9.64 Å². The maximum atomic E-state index is 12.5. The van der Waals surface area contributed by atoms with Crippen LogP contribution in [0.5, 0.6) is 0 Å². The highest BCUT2D eigenvalue weighted by molar-refractivity contribution is 7.90. The van der Waals surface area contributed by atoms with Crippen LogP contribution in [0.3, 0.4) is 0 Å². The molecule has 10 heteroatoms. The molecular formula is C18H26N2O7S. The van der Waals surface area contributed by atoms with E-state index < -0.39 is 37.9 Å². The summed E-state index contributed by atoms with van der Waals surface area (Å²) < 4.78 is 28.3. The number of ether oxygens (including phenoxy) is 1. The van der Waals surface area contributed by atoms with Crippen molar-refractivity contribution in [3.63, 3.8) is 0 Å². The second kappa shape index (κ2) is 9.63. The van der Waals surface area contributed by atoms with Gasteiger partial charge in [-0.2, -0.15) is 0 Å². The minimum absolute atomic E-state index is 0.0312. The molecule has 0 saturated heterocycles. The van der Waals surface area contributed by atoms with E-state index in [4.69, 9.17) is 4.74 Å². The Hall–Kier alpha value is -2.49. The lowest BCUT2D eigenvalue weighted by Gasteiger charge is -2.33. The molecule has 1 aromatic carbocycles. The van der Waals surface area contributed by atoms with Gasteiger partial charge in [0.2, 0.25) is 0 Å². The molecule has 0 unspecified atom stereocenters. The summed E-state index contributed by atoms with van der Waals surface area (Å²) in [5.74, 6) is -1.30. The van der Waals surface area contributed by atoms with Crippen molar-refractivity contribution in [2.24, 2.45) is 0 Å². The van der Waals surface area contributed by atoms with E-state index in [0.29, 0.717) is 0 Å². The number of nitro groups is 1. The number of hydrogen-bond acceptors (Lipinski definition) is 7. The lowest BCUT2D eigenvalue weighted by Crippen LogP contribution is -2.46. The summed E-state index contributed by atoms with van der Waals surface area (Å²) in [7, 11) is -3.84. The third-order valence-electron chi connectivity index (χ3n) is 4.54. The molecule has 9 nitrogen and oxygen atoms in total. The van der Waals surface area contributed by atoms with Crippen molar-refractivity contribution in [1.82, 2.24) is 4.90 Å². The normalized spacial score (nSPS) is 13.5. The van der Waals surface area contributed by atoms with Crippen molar-refractivity contribution < 1.29 is 27.7 Å². The number of nitrogens with zero attached hydrogens (tertiary/aromatic N) is 2. The molecule has 0 saturated carbocycles. The highest BCUT2D eigenvalue weighted by Gasteiger charge is 2.27. The minimum atomic E-state index is -3.84. The highest BCUT2D eigenvalue weighted by Crippen LogP contribution is 2.25. The Morgan fingerprint density at radius 1 is 1.18 bits per heavy atom. The van der Waals surface area contributed by atoms with Gasteiger partial charge in [-0.3, -0.25) is 14.9 Å². The molecule has 0 heterocycles. The molecule has 0 radical (unpaired) electrons. The zero-order valence-corrected chi connectivity index (χ0v) is 17.5. The number of amides is 1. The monoisotopic (exact) mass is 414 g/mol. The van der Waals surface area contributed by atoms with Gasteiger partial charge in [0.15, 0.2) is 16.4 Å². The van der Waals surface area contributed by atoms with Gasteiger partial charge in [0.1, 0.15) is 4.90 Å². The van der Waals surface area contributed by atoms with Crippen LogP contribution in [0.4, 0.5) is 5.69 Å². The van der Waals surface area contributed by atoms with E-state index in [1.54, 1.807) is 4.90 Å². The van der Waals surface area contributed by atoms with Crippen LogP contribution < -0.4 is 0 Å². The van der Waals surface area contributed by atoms with Crippen LogP contribution in [0.15, 0.2) is 23.1 Å². The molecule has 2 atom stereocenters. The lowest BCUT2D eigenvalue weighted by molar-refractivity contribution is -0.387. The van der Waals surface area contributed by atoms with Gasteiger partial charge in [-0.25, -0.2) is 13.2 Å².